The van der Waals surface area contributed by atoms with Crippen molar-refractivity contribution in [2.24, 2.45) is 5.92 Å². The molecular formula is C29H27Cl2N4O5S-. The Balaban J connectivity index is 1.25. The maximum atomic E-state index is 13.5. The Kier molecular flexibility index (Phi) is 8.91. The van der Waals surface area contributed by atoms with Crippen LogP contribution >= 0.6 is 34.5 Å². The Labute approximate surface area is 250 Å². The number of nitrogens with zero attached hydrogens (tertiary/aromatic N) is 2. The summed E-state index contributed by atoms with van der Waals surface area (Å²) in [6.45, 7) is 0. The molecule has 2 aliphatic heterocycles. The van der Waals surface area contributed by atoms with Crippen molar-refractivity contribution in [3.8, 4) is 0 Å². The van der Waals surface area contributed by atoms with Gasteiger partial charge in [-0.15, -0.1) is 0 Å². The van der Waals surface area contributed by atoms with Gasteiger partial charge in [-0.2, -0.15) is 11.3 Å². The number of carboxylic acid groups (broad SMARTS) is 1. The minimum Gasteiger partial charge on any atom is -0.548 e. The van der Waals surface area contributed by atoms with Crippen molar-refractivity contribution in [2.45, 2.75) is 56.7 Å². The highest BCUT2D eigenvalue weighted by Gasteiger charge is 2.47. The fourth-order valence-electron chi connectivity index (χ4n) is 5.74. The topological polar surface area (TPSA) is 132 Å². The molecule has 4 heterocycles. The van der Waals surface area contributed by atoms with Crippen LogP contribution in [0.1, 0.15) is 47.2 Å². The number of hydrogen-bond acceptors (Lipinski definition) is 7. The fraction of sp³-hybridized carbons (Fsp3) is 0.345. The van der Waals surface area contributed by atoms with Gasteiger partial charge in [0.05, 0.1) is 34.0 Å². The molecule has 3 fully saturated rings. The third kappa shape index (κ3) is 6.55. The number of rotatable bonds is 9. The van der Waals surface area contributed by atoms with E-state index in [9.17, 15) is 24.3 Å². The Bertz CT molecular complexity index is 1420. The van der Waals surface area contributed by atoms with Crippen molar-refractivity contribution in [1.82, 2.24) is 15.2 Å². The number of carbonyl (C=O) groups is 4. The van der Waals surface area contributed by atoms with Gasteiger partial charge in [0.25, 0.3) is 5.91 Å². The molecule has 0 spiro atoms. The number of hydrogen-bond donors (Lipinski definition) is 2. The zero-order valence-electron chi connectivity index (χ0n) is 21.8. The van der Waals surface area contributed by atoms with E-state index in [4.69, 9.17) is 23.2 Å². The maximum absolute atomic E-state index is 13.5. The van der Waals surface area contributed by atoms with Crippen LogP contribution in [-0.4, -0.2) is 51.7 Å². The van der Waals surface area contributed by atoms with Crippen LogP contribution in [0.4, 0.5) is 5.69 Å². The van der Waals surface area contributed by atoms with E-state index < -0.39 is 29.9 Å². The monoisotopic (exact) mass is 613 g/mol. The standard InChI is InChI=1S/C29H28Cl2N4O5S/c30-21-13-32-14-22(31)25(21)27(37)33-19-5-1-16(2-6-19)11-23(29(39)40)34-28(38)26-18-3-7-20(8-4-18)35(26)24(36)12-17-9-10-41-15-17/h1-2,5-6,9-10,13-15,18,20,23,26H,3-4,7-8,11-12H2,(H,33,37)(H,34,38)(H,39,40)/p-1. The van der Waals surface area contributed by atoms with Crippen LogP contribution in [0.5, 0.6) is 0 Å². The molecule has 12 heteroatoms. The smallest absolute Gasteiger partial charge is 0.258 e. The molecule has 3 aromatic rings. The van der Waals surface area contributed by atoms with Crippen LogP contribution in [-0.2, 0) is 27.2 Å². The van der Waals surface area contributed by atoms with Crippen molar-refractivity contribution < 1.29 is 24.3 Å². The molecule has 1 saturated carbocycles. The summed E-state index contributed by atoms with van der Waals surface area (Å²) in [5.74, 6) is -2.54. The average molecular weight is 615 g/mol. The van der Waals surface area contributed by atoms with E-state index in [2.05, 4.69) is 15.6 Å². The first-order valence-electron chi connectivity index (χ1n) is 13.2. The number of pyridine rings is 1. The Morgan fingerprint density at radius 3 is 2.29 bits per heavy atom. The first-order valence-corrected chi connectivity index (χ1v) is 14.9. The zero-order valence-corrected chi connectivity index (χ0v) is 24.2. The minimum atomic E-state index is -1.42. The molecule has 3 amide bonds. The number of benzene rings is 1. The first-order chi connectivity index (χ1) is 19.7. The van der Waals surface area contributed by atoms with Gasteiger partial charge < -0.3 is 25.4 Å². The maximum Gasteiger partial charge on any atom is 0.258 e. The third-order valence-corrected chi connectivity index (χ3v) is 9.01. The number of amides is 3. The number of carbonyl (C=O) groups excluding carboxylic acids is 4. The molecule has 214 valence electrons. The first kappa shape index (κ1) is 29.0. The molecule has 2 saturated heterocycles. The van der Waals surface area contributed by atoms with E-state index in [-0.39, 0.29) is 46.3 Å². The number of anilines is 1. The number of aromatic nitrogens is 1. The predicted molar refractivity (Wildman–Crippen MR) is 154 cm³/mol. The van der Waals surface area contributed by atoms with Crippen molar-refractivity contribution in [1.29, 1.82) is 0 Å². The number of carboxylic acids is 1. The Morgan fingerprint density at radius 1 is 1.00 bits per heavy atom. The highest BCUT2D eigenvalue weighted by atomic mass is 35.5. The van der Waals surface area contributed by atoms with Crippen molar-refractivity contribution in [3.63, 3.8) is 0 Å². The van der Waals surface area contributed by atoms with Gasteiger partial charge in [-0.05, 0) is 78.1 Å². The van der Waals surface area contributed by atoms with Crippen LogP contribution in [0.2, 0.25) is 10.0 Å². The number of fused-ring (bicyclic) bond motifs is 3. The summed E-state index contributed by atoms with van der Waals surface area (Å²) in [6.07, 6.45) is 6.14. The summed E-state index contributed by atoms with van der Waals surface area (Å²) in [5, 5.41) is 21.4. The molecule has 2 aromatic heterocycles. The number of aliphatic carboxylic acids is 1. The Morgan fingerprint density at radius 2 is 1.68 bits per heavy atom. The molecule has 9 nitrogen and oxygen atoms in total. The molecule has 1 aliphatic carbocycles. The quantitative estimate of drug-likeness (QED) is 0.380. The van der Waals surface area contributed by atoms with E-state index in [0.717, 1.165) is 31.2 Å². The summed E-state index contributed by atoms with van der Waals surface area (Å²) >= 11 is 13.6. The highest BCUT2D eigenvalue weighted by Crippen LogP contribution is 2.40. The minimum absolute atomic E-state index is 0.0147. The third-order valence-electron chi connectivity index (χ3n) is 7.71. The van der Waals surface area contributed by atoms with Gasteiger partial charge in [0.15, 0.2) is 0 Å². The van der Waals surface area contributed by atoms with E-state index in [1.165, 1.54) is 23.7 Å². The van der Waals surface area contributed by atoms with Crippen molar-refractivity contribution >= 4 is 63.9 Å². The number of nitrogens with one attached hydrogen (secondary N) is 2. The number of piperidine rings is 2. The summed E-state index contributed by atoms with van der Waals surface area (Å²) in [4.78, 5) is 57.0. The van der Waals surface area contributed by atoms with E-state index in [1.807, 2.05) is 16.8 Å². The molecule has 0 radical (unpaired) electrons. The number of halogens is 2. The van der Waals surface area contributed by atoms with Crippen molar-refractivity contribution in [3.05, 3.63) is 80.2 Å². The second-order valence-corrected chi connectivity index (χ2v) is 11.9. The summed E-state index contributed by atoms with van der Waals surface area (Å²) in [7, 11) is 0. The van der Waals surface area contributed by atoms with Gasteiger partial charge in [-0.25, -0.2) is 0 Å². The van der Waals surface area contributed by atoms with E-state index in [1.54, 1.807) is 29.2 Å². The van der Waals surface area contributed by atoms with Crippen LogP contribution in [0.25, 0.3) is 0 Å². The molecule has 2 bridgehead atoms. The highest BCUT2D eigenvalue weighted by molar-refractivity contribution is 7.08. The molecule has 1 aromatic carbocycles. The van der Waals surface area contributed by atoms with Crippen LogP contribution in [0.3, 0.4) is 0 Å². The lowest BCUT2D eigenvalue weighted by atomic mass is 9.74. The molecule has 2 unspecified atom stereocenters. The van der Waals surface area contributed by atoms with Gasteiger partial charge in [-0.1, -0.05) is 35.3 Å². The molecule has 41 heavy (non-hydrogen) atoms. The second kappa shape index (κ2) is 12.6. The predicted octanol–water partition coefficient (Wildman–Crippen LogP) is 3.49. The summed E-state index contributed by atoms with van der Waals surface area (Å²) in [6, 6.07) is 6.37. The lowest BCUT2D eigenvalue weighted by Gasteiger charge is -2.50. The van der Waals surface area contributed by atoms with E-state index >= 15 is 0 Å². The SMILES string of the molecule is O=C(Nc1ccc(CC(NC(=O)C2C3CCC(CC3)N2C(=O)Cc2ccsc2)C(=O)[O-])cc1)c1c(Cl)cncc1Cl. The van der Waals surface area contributed by atoms with Crippen LogP contribution in [0.15, 0.2) is 53.5 Å². The lowest BCUT2D eigenvalue weighted by molar-refractivity contribution is -0.308. The molecule has 2 N–H and O–H groups in total. The normalized spacial score (nSPS) is 20.3. The largest absolute Gasteiger partial charge is 0.548 e. The molecular weight excluding hydrogens is 587 g/mol. The number of thiophene rings is 1. The van der Waals surface area contributed by atoms with Crippen molar-refractivity contribution in [2.75, 3.05) is 5.32 Å². The molecule has 6 rings (SSSR count). The molecule has 3 aliphatic rings. The van der Waals surface area contributed by atoms with Crippen LogP contribution in [0, 0.1) is 5.92 Å². The second-order valence-electron chi connectivity index (χ2n) is 10.3. The van der Waals surface area contributed by atoms with Gasteiger partial charge in [0, 0.05) is 24.1 Å². The fourth-order valence-corrected chi connectivity index (χ4v) is 6.95. The van der Waals surface area contributed by atoms with Gasteiger partial charge in [-0.3, -0.25) is 19.4 Å². The summed E-state index contributed by atoms with van der Waals surface area (Å²) in [5.41, 5.74) is 2.04. The molecule has 2 atom stereocenters. The average Bonchev–Trinajstić information content (AvgIpc) is 3.46. The van der Waals surface area contributed by atoms with Crippen LogP contribution < -0.4 is 15.7 Å². The Hall–Kier alpha value is -3.47. The zero-order chi connectivity index (χ0) is 29.1. The van der Waals surface area contributed by atoms with Gasteiger partial charge in [0.2, 0.25) is 11.8 Å². The summed E-state index contributed by atoms with van der Waals surface area (Å²) < 4.78 is 0. The van der Waals surface area contributed by atoms with Gasteiger partial charge in [0.1, 0.15) is 6.04 Å². The van der Waals surface area contributed by atoms with Gasteiger partial charge >= 0.3 is 0 Å². The lowest BCUT2D eigenvalue weighted by Crippen LogP contribution is -2.64. The van der Waals surface area contributed by atoms with E-state index in [0.29, 0.717) is 11.3 Å².